The standard InChI is InChI=1S/C14H16N2O2/c1-14(2,13(15)16-17)18-12-9-5-7-10-6-3-4-8-11(10)12/h3-9,17H,1-2H3,(H2,15,16). The molecule has 0 aromatic heterocycles. The van der Waals surface area contributed by atoms with Gasteiger partial charge in [-0.25, -0.2) is 0 Å². The molecule has 0 aliphatic rings. The van der Waals surface area contributed by atoms with Crippen LogP contribution < -0.4 is 10.5 Å². The number of hydrogen-bond donors (Lipinski definition) is 2. The summed E-state index contributed by atoms with van der Waals surface area (Å²) in [4.78, 5) is 0. The largest absolute Gasteiger partial charge is 0.479 e. The maximum absolute atomic E-state index is 8.74. The molecule has 2 aromatic rings. The smallest absolute Gasteiger partial charge is 0.182 e. The van der Waals surface area contributed by atoms with E-state index in [-0.39, 0.29) is 5.84 Å². The molecule has 2 rings (SSSR count). The zero-order valence-corrected chi connectivity index (χ0v) is 10.4. The predicted molar refractivity (Wildman–Crippen MR) is 72.1 cm³/mol. The molecule has 0 saturated carbocycles. The molecule has 0 aliphatic carbocycles. The Morgan fingerprint density at radius 3 is 2.56 bits per heavy atom. The van der Waals surface area contributed by atoms with Crippen LogP contribution in [0.1, 0.15) is 13.8 Å². The molecule has 4 nitrogen and oxygen atoms in total. The molecule has 2 aromatic carbocycles. The fraction of sp³-hybridized carbons (Fsp3) is 0.214. The minimum absolute atomic E-state index is 0.0374. The Kier molecular flexibility index (Phi) is 3.10. The molecule has 94 valence electrons. The number of oxime groups is 1. The highest BCUT2D eigenvalue weighted by molar-refractivity contribution is 5.91. The van der Waals surface area contributed by atoms with Crippen molar-refractivity contribution in [3.63, 3.8) is 0 Å². The number of hydrogen-bond acceptors (Lipinski definition) is 3. The van der Waals surface area contributed by atoms with E-state index in [0.29, 0.717) is 5.75 Å². The molecule has 4 heteroatoms. The molecule has 0 unspecified atom stereocenters. The first kappa shape index (κ1) is 12.2. The Labute approximate surface area is 106 Å². The van der Waals surface area contributed by atoms with Crippen molar-refractivity contribution in [1.82, 2.24) is 0 Å². The topological polar surface area (TPSA) is 67.8 Å². The van der Waals surface area contributed by atoms with Gasteiger partial charge in [-0.05, 0) is 25.3 Å². The Bertz CT molecular complexity index is 586. The Hall–Kier alpha value is -2.23. The minimum atomic E-state index is -0.862. The molecule has 0 heterocycles. The van der Waals surface area contributed by atoms with Gasteiger partial charge < -0.3 is 15.7 Å². The lowest BCUT2D eigenvalue weighted by molar-refractivity contribution is 0.176. The van der Waals surface area contributed by atoms with Crippen molar-refractivity contribution in [2.24, 2.45) is 10.9 Å². The predicted octanol–water partition coefficient (Wildman–Crippen LogP) is 2.74. The van der Waals surface area contributed by atoms with Crippen LogP contribution in [-0.4, -0.2) is 16.6 Å². The van der Waals surface area contributed by atoms with E-state index in [2.05, 4.69) is 5.16 Å². The van der Waals surface area contributed by atoms with Crippen molar-refractivity contribution in [2.45, 2.75) is 19.4 Å². The second kappa shape index (κ2) is 4.56. The number of fused-ring (bicyclic) bond motifs is 1. The monoisotopic (exact) mass is 244 g/mol. The van der Waals surface area contributed by atoms with Gasteiger partial charge in [-0.2, -0.15) is 0 Å². The van der Waals surface area contributed by atoms with Gasteiger partial charge in [0.2, 0.25) is 0 Å². The van der Waals surface area contributed by atoms with Crippen LogP contribution in [0.15, 0.2) is 47.6 Å². The average Bonchev–Trinajstić information content (AvgIpc) is 2.38. The van der Waals surface area contributed by atoms with Crippen LogP contribution >= 0.6 is 0 Å². The third-order valence-electron chi connectivity index (χ3n) is 2.84. The quantitative estimate of drug-likeness (QED) is 0.377. The fourth-order valence-corrected chi connectivity index (χ4v) is 1.73. The Morgan fingerprint density at radius 1 is 1.17 bits per heavy atom. The molecular formula is C14H16N2O2. The van der Waals surface area contributed by atoms with Gasteiger partial charge in [0.1, 0.15) is 5.75 Å². The average molecular weight is 244 g/mol. The molecule has 3 N–H and O–H groups in total. The fourth-order valence-electron chi connectivity index (χ4n) is 1.73. The summed E-state index contributed by atoms with van der Waals surface area (Å²) in [7, 11) is 0. The van der Waals surface area contributed by atoms with Crippen molar-refractivity contribution in [2.75, 3.05) is 0 Å². The number of amidine groups is 1. The number of nitrogens with two attached hydrogens (primary N) is 1. The first-order chi connectivity index (χ1) is 8.54. The maximum atomic E-state index is 8.74. The second-order valence-electron chi connectivity index (χ2n) is 4.57. The number of nitrogens with zero attached hydrogens (tertiary/aromatic N) is 1. The van der Waals surface area contributed by atoms with Crippen LogP contribution in [-0.2, 0) is 0 Å². The second-order valence-corrected chi connectivity index (χ2v) is 4.57. The third-order valence-corrected chi connectivity index (χ3v) is 2.84. The number of ether oxygens (including phenoxy) is 1. The van der Waals surface area contributed by atoms with Gasteiger partial charge in [0, 0.05) is 5.39 Å². The van der Waals surface area contributed by atoms with Crippen LogP contribution in [0.25, 0.3) is 10.8 Å². The number of benzene rings is 2. The molecule has 0 fully saturated rings. The van der Waals surface area contributed by atoms with Crippen molar-refractivity contribution < 1.29 is 9.94 Å². The molecule has 0 spiro atoms. The van der Waals surface area contributed by atoms with Gasteiger partial charge in [-0.1, -0.05) is 41.6 Å². The number of rotatable bonds is 3. The third kappa shape index (κ3) is 2.22. The lowest BCUT2D eigenvalue weighted by atomic mass is 10.1. The highest BCUT2D eigenvalue weighted by Crippen LogP contribution is 2.28. The van der Waals surface area contributed by atoms with Gasteiger partial charge in [0.25, 0.3) is 0 Å². The summed E-state index contributed by atoms with van der Waals surface area (Å²) in [6, 6.07) is 13.7. The highest BCUT2D eigenvalue weighted by Gasteiger charge is 2.26. The van der Waals surface area contributed by atoms with E-state index in [0.717, 1.165) is 10.8 Å². The molecule has 0 aliphatic heterocycles. The molecule has 0 bridgehead atoms. The van der Waals surface area contributed by atoms with E-state index in [1.165, 1.54) is 0 Å². The first-order valence-electron chi connectivity index (χ1n) is 5.69. The van der Waals surface area contributed by atoms with Crippen LogP contribution in [0.2, 0.25) is 0 Å². The van der Waals surface area contributed by atoms with Gasteiger partial charge >= 0.3 is 0 Å². The van der Waals surface area contributed by atoms with Crippen LogP contribution in [0.4, 0.5) is 0 Å². The Balaban J connectivity index is 2.44. The van der Waals surface area contributed by atoms with Crippen LogP contribution in [0.5, 0.6) is 5.75 Å². The van der Waals surface area contributed by atoms with Crippen molar-refractivity contribution in [3.05, 3.63) is 42.5 Å². The van der Waals surface area contributed by atoms with Crippen LogP contribution in [0, 0.1) is 0 Å². The van der Waals surface area contributed by atoms with E-state index < -0.39 is 5.60 Å². The highest BCUT2D eigenvalue weighted by atomic mass is 16.5. The van der Waals surface area contributed by atoms with E-state index in [1.54, 1.807) is 13.8 Å². The van der Waals surface area contributed by atoms with Gasteiger partial charge in [-0.15, -0.1) is 0 Å². The summed E-state index contributed by atoms with van der Waals surface area (Å²) in [5.74, 6) is 0.750. The summed E-state index contributed by atoms with van der Waals surface area (Å²) in [5.41, 5.74) is 4.76. The maximum Gasteiger partial charge on any atom is 0.182 e. The van der Waals surface area contributed by atoms with Gasteiger partial charge in [0.15, 0.2) is 11.4 Å². The zero-order chi connectivity index (χ0) is 13.2. The molecule has 0 atom stereocenters. The molecular weight excluding hydrogens is 228 g/mol. The molecule has 0 saturated heterocycles. The van der Waals surface area contributed by atoms with Crippen LogP contribution in [0.3, 0.4) is 0 Å². The van der Waals surface area contributed by atoms with Crippen molar-refractivity contribution in [3.8, 4) is 5.75 Å². The van der Waals surface area contributed by atoms with E-state index in [1.807, 2.05) is 42.5 Å². The minimum Gasteiger partial charge on any atom is -0.479 e. The van der Waals surface area contributed by atoms with E-state index in [4.69, 9.17) is 15.7 Å². The van der Waals surface area contributed by atoms with E-state index in [9.17, 15) is 0 Å². The first-order valence-corrected chi connectivity index (χ1v) is 5.69. The van der Waals surface area contributed by atoms with E-state index >= 15 is 0 Å². The molecule has 0 radical (unpaired) electrons. The van der Waals surface area contributed by atoms with Gasteiger partial charge in [0.05, 0.1) is 0 Å². The summed E-state index contributed by atoms with van der Waals surface area (Å²) < 4.78 is 5.85. The lowest BCUT2D eigenvalue weighted by Crippen LogP contribution is -2.43. The summed E-state index contributed by atoms with van der Waals surface area (Å²) in [6.07, 6.45) is 0. The van der Waals surface area contributed by atoms with Crippen molar-refractivity contribution in [1.29, 1.82) is 0 Å². The SMILES string of the molecule is CC(C)(Oc1cccc2ccccc12)/C(N)=N/O. The van der Waals surface area contributed by atoms with Gasteiger partial charge in [-0.3, -0.25) is 0 Å². The molecule has 0 amide bonds. The summed E-state index contributed by atoms with van der Waals surface area (Å²) in [5, 5.41) is 13.8. The molecule has 18 heavy (non-hydrogen) atoms. The normalized spacial score (nSPS) is 12.7. The van der Waals surface area contributed by atoms with Crippen molar-refractivity contribution >= 4 is 16.6 Å². The zero-order valence-electron chi connectivity index (χ0n) is 10.4. The summed E-state index contributed by atoms with van der Waals surface area (Å²) in [6.45, 7) is 3.51. The Morgan fingerprint density at radius 2 is 1.83 bits per heavy atom. The summed E-state index contributed by atoms with van der Waals surface area (Å²) >= 11 is 0. The lowest BCUT2D eigenvalue weighted by Gasteiger charge is -2.25.